The lowest BCUT2D eigenvalue weighted by Crippen LogP contribution is -1.93. The number of aromatic nitrogens is 3. The highest BCUT2D eigenvalue weighted by Gasteiger charge is 2.19. The van der Waals surface area contributed by atoms with Crippen LogP contribution in [-0.2, 0) is 0 Å². The largest absolute Gasteiger partial charge is 0.309 e. The van der Waals surface area contributed by atoms with E-state index in [0.717, 1.165) is 27.9 Å². The van der Waals surface area contributed by atoms with Gasteiger partial charge in [-0.2, -0.15) is 0 Å². The Bertz CT molecular complexity index is 3810. The molecule has 3 nitrogen and oxygen atoms in total. The molecule has 59 heavy (non-hydrogen) atoms. The highest BCUT2D eigenvalue weighted by Crippen LogP contribution is 2.43. The van der Waals surface area contributed by atoms with Crippen LogP contribution in [0.5, 0.6) is 0 Å². The third kappa shape index (κ3) is 4.97. The van der Waals surface area contributed by atoms with E-state index >= 15 is 0 Å². The molecule has 0 radical (unpaired) electrons. The van der Waals surface area contributed by atoms with Gasteiger partial charge in [0.15, 0.2) is 5.65 Å². The maximum Gasteiger partial charge on any atom is 0.156 e. The smallest absolute Gasteiger partial charge is 0.156 e. The summed E-state index contributed by atoms with van der Waals surface area (Å²) < 4.78 is 7.27. The van der Waals surface area contributed by atoms with Crippen LogP contribution >= 0.6 is 11.3 Å². The van der Waals surface area contributed by atoms with Crippen LogP contribution < -0.4 is 0 Å². The lowest BCUT2D eigenvalue weighted by Gasteiger charge is -2.11. The fraction of sp³-hybridized carbons (Fsp3) is 0. The molecule has 0 bridgehead atoms. The highest BCUT2D eigenvalue weighted by atomic mass is 32.1. The number of para-hydroxylation sites is 2. The van der Waals surface area contributed by atoms with Crippen molar-refractivity contribution < 1.29 is 0 Å². The van der Waals surface area contributed by atoms with Crippen LogP contribution in [0.25, 0.3) is 119 Å². The minimum Gasteiger partial charge on any atom is -0.309 e. The van der Waals surface area contributed by atoms with Gasteiger partial charge in [-0.15, -0.1) is 11.3 Å². The van der Waals surface area contributed by atoms with Gasteiger partial charge >= 0.3 is 0 Å². The molecule has 0 saturated heterocycles. The van der Waals surface area contributed by atoms with E-state index in [2.05, 4.69) is 209 Å². The van der Waals surface area contributed by atoms with E-state index in [9.17, 15) is 0 Å². The van der Waals surface area contributed by atoms with Crippen molar-refractivity contribution in [1.82, 2.24) is 14.0 Å². The number of pyridine rings is 1. The first kappa shape index (κ1) is 32.5. The number of hydrogen-bond acceptors (Lipinski definition) is 2. The van der Waals surface area contributed by atoms with E-state index in [1.54, 1.807) is 0 Å². The van der Waals surface area contributed by atoms with Crippen LogP contribution in [0.3, 0.4) is 0 Å². The molecule has 4 heteroatoms. The SMILES string of the molecule is c1ccc(-n2c3ccccc3c3ccc(-c4ccc(-c5ccc(-c6cc7c8cc9ccccc9cc8sc7c7nc8cc9ccccc9cc8n67)cc5)cc4)cc32)cc1. The first-order chi connectivity index (χ1) is 29.2. The molecule has 13 aromatic rings. The van der Waals surface area contributed by atoms with Gasteiger partial charge in [0.1, 0.15) is 0 Å². The van der Waals surface area contributed by atoms with E-state index < -0.39 is 0 Å². The van der Waals surface area contributed by atoms with Crippen LogP contribution in [0.4, 0.5) is 0 Å². The number of nitrogens with zero attached hydrogens (tertiary/aromatic N) is 3. The van der Waals surface area contributed by atoms with Gasteiger partial charge in [-0.05, 0) is 104 Å². The minimum absolute atomic E-state index is 1.01. The highest BCUT2D eigenvalue weighted by molar-refractivity contribution is 7.26. The average molecular weight is 768 g/mol. The molecular weight excluding hydrogens is 735 g/mol. The van der Waals surface area contributed by atoms with Gasteiger partial charge in [-0.3, -0.25) is 4.40 Å². The van der Waals surface area contributed by atoms with Gasteiger partial charge in [0.25, 0.3) is 0 Å². The van der Waals surface area contributed by atoms with Crippen molar-refractivity contribution in [3.63, 3.8) is 0 Å². The Kier molecular flexibility index (Phi) is 6.89. The Morgan fingerprint density at radius 1 is 0.373 bits per heavy atom. The summed E-state index contributed by atoms with van der Waals surface area (Å²) in [6.45, 7) is 0. The Hall–Kier alpha value is -7.53. The molecule has 4 heterocycles. The molecule has 0 amide bonds. The number of hydrogen-bond donors (Lipinski definition) is 0. The lowest BCUT2D eigenvalue weighted by molar-refractivity contribution is 1.18. The van der Waals surface area contributed by atoms with Crippen molar-refractivity contribution in [2.75, 3.05) is 0 Å². The molecular formula is C55H33N3S. The van der Waals surface area contributed by atoms with E-state index in [-0.39, 0.29) is 0 Å². The monoisotopic (exact) mass is 767 g/mol. The predicted octanol–water partition coefficient (Wildman–Crippen LogP) is 15.3. The quantitative estimate of drug-likeness (QED) is 0.175. The first-order valence-corrected chi connectivity index (χ1v) is 20.9. The molecule has 0 N–H and O–H groups in total. The summed E-state index contributed by atoms with van der Waals surface area (Å²) in [5.74, 6) is 0. The van der Waals surface area contributed by atoms with Gasteiger partial charge < -0.3 is 4.57 Å². The fourth-order valence-corrected chi connectivity index (χ4v) is 10.6. The van der Waals surface area contributed by atoms with Crippen molar-refractivity contribution in [2.24, 2.45) is 0 Å². The van der Waals surface area contributed by atoms with Crippen LogP contribution in [0.1, 0.15) is 0 Å². The topological polar surface area (TPSA) is 22.2 Å². The number of thiophene rings is 1. The Labute approximate surface area is 343 Å². The van der Waals surface area contributed by atoms with Crippen LogP contribution in [0.2, 0.25) is 0 Å². The summed E-state index contributed by atoms with van der Waals surface area (Å²) in [5.41, 5.74) is 13.8. The summed E-state index contributed by atoms with van der Waals surface area (Å²) in [6, 6.07) is 73.2. The Morgan fingerprint density at radius 3 is 1.69 bits per heavy atom. The third-order valence-corrected chi connectivity index (χ3v) is 13.4. The third-order valence-electron chi connectivity index (χ3n) is 12.3. The molecule has 0 aliphatic rings. The zero-order valence-corrected chi connectivity index (χ0v) is 32.6. The van der Waals surface area contributed by atoms with Gasteiger partial charge in [-0.1, -0.05) is 146 Å². The number of fused-ring (bicyclic) bond motifs is 12. The second-order valence-corrected chi connectivity index (χ2v) is 16.7. The predicted molar refractivity (Wildman–Crippen MR) is 251 cm³/mol. The molecule has 0 atom stereocenters. The maximum absolute atomic E-state index is 5.36. The van der Waals surface area contributed by atoms with Gasteiger partial charge in [0.05, 0.1) is 32.5 Å². The summed E-state index contributed by atoms with van der Waals surface area (Å²) in [5, 5.41) is 10.00. The maximum atomic E-state index is 5.36. The number of rotatable bonds is 4. The van der Waals surface area contributed by atoms with Crippen molar-refractivity contribution in [3.05, 3.63) is 200 Å². The van der Waals surface area contributed by atoms with E-state index in [1.807, 2.05) is 11.3 Å². The number of imidazole rings is 1. The summed E-state index contributed by atoms with van der Waals surface area (Å²) >= 11 is 1.84. The van der Waals surface area contributed by atoms with Crippen LogP contribution in [0.15, 0.2) is 200 Å². The molecule has 9 aromatic carbocycles. The van der Waals surface area contributed by atoms with E-state index in [0.29, 0.717) is 0 Å². The second kappa shape index (κ2) is 12.5. The molecule has 0 aliphatic carbocycles. The molecule has 4 aromatic heterocycles. The van der Waals surface area contributed by atoms with Crippen LogP contribution in [-0.4, -0.2) is 14.0 Å². The Balaban J connectivity index is 0.921. The van der Waals surface area contributed by atoms with Crippen molar-refractivity contribution in [2.45, 2.75) is 0 Å². The molecule has 0 aliphatic heterocycles. The Morgan fingerprint density at radius 2 is 0.949 bits per heavy atom. The second-order valence-electron chi connectivity index (χ2n) is 15.6. The van der Waals surface area contributed by atoms with E-state index in [1.165, 1.54) is 91.5 Å². The van der Waals surface area contributed by atoms with Crippen molar-refractivity contribution in [1.29, 1.82) is 0 Å². The van der Waals surface area contributed by atoms with Gasteiger partial charge in [0, 0.05) is 31.9 Å². The molecule has 274 valence electrons. The molecule has 0 unspecified atom stereocenters. The molecule has 0 saturated carbocycles. The normalized spacial score (nSPS) is 12.1. The number of benzene rings is 9. The van der Waals surface area contributed by atoms with Crippen molar-refractivity contribution in [3.8, 4) is 39.2 Å². The first-order valence-electron chi connectivity index (χ1n) is 20.1. The standard InChI is InChI=1S/C55H33N3S/c1-2-14-43(15-3-1)57-49-17-9-8-16-44(49)45-27-26-42(30-51(45)57)36-20-18-34(19-21-36)35-22-24-37(25-23-35)50-33-47-46-28-38-10-4-7-13-41(38)32-53(46)59-54(47)55-56-48-29-39-11-5-6-12-40(39)31-52(48)58(50)55/h1-33H. The molecule has 0 spiro atoms. The molecule has 0 fully saturated rings. The minimum atomic E-state index is 1.01. The average Bonchev–Trinajstić information content (AvgIpc) is 3.96. The fourth-order valence-electron chi connectivity index (χ4n) is 9.38. The van der Waals surface area contributed by atoms with Crippen molar-refractivity contribution >= 4 is 91.5 Å². The van der Waals surface area contributed by atoms with Crippen LogP contribution in [0, 0.1) is 0 Å². The zero-order chi connectivity index (χ0) is 38.6. The summed E-state index contributed by atoms with van der Waals surface area (Å²) in [7, 11) is 0. The summed E-state index contributed by atoms with van der Waals surface area (Å²) in [6.07, 6.45) is 0. The van der Waals surface area contributed by atoms with E-state index in [4.69, 9.17) is 4.98 Å². The summed E-state index contributed by atoms with van der Waals surface area (Å²) in [4.78, 5) is 5.36. The zero-order valence-electron chi connectivity index (χ0n) is 31.8. The molecule has 13 rings (SSSR count). The van der Waals surface area contributed by atoms with Gasteiger partial charge in [0.2, 0.25) is 0 Å². The van der Waals surface area contributed by atoms with Gasteiger partial charge in [-0.25, -0.2) is 4.98 Å². The lowest BCUT2D eigenvalue weighted by atomic mass is 9.98.